The van der Waals surface area contributed by atoms with Gasteiger partial charge in [-0.15, -0.1) is 5.73 Å². The molecule has 0 nitrogen and oxygen atoms in total. The number of hydrogen-bond donors (Lipinski definition) is 0. The van der Waals surface area contributed by atoms with Crippen molar-refractivity contribution in [1.82, 2.24) is 0 Å². The largest absolute Gasteiger partial charge is 0.125 e. The molecule has 0 aliphatic carbocycles. The van der Waals surface area contributed by atoms with E-state index in [0.717, 1.165) is 0 Å². The average Bonchev–Trinajstić information content (AvgIpc) is 2.12. The van der Waals surface area contributed by atoms with Crippen LogP contribution in [0.15, 0.2) is 30.5 Å². The molecule has 0 amide bonds. The van der Waals surface area contributed by atoms with Crippen LogP contribution >= 0.6 is 0 Å². The van der Waals surface area contributed by atoms with Crippen molar-refractivity contribution in [2.75, 3.05) is 0 Å². The van der Waals surface area contributed by atoms with Gasteiger partial charge in [0.1, 0.15) is 0 Å². The lowest BCUT2D eigenvalue weighted by molar-refractivity contribution is 0.524. The smallest absolute Gasteiger partial charge is 0.00416 e. The van der Waals surface area contributed by atoms with Crippen LogP contribution in [-0.4, -0.2) is 0 Å². The maximum absolute atomic E-state index is 3.77. The predicted molar refractivity (Wildman–Crippen MR) is 56.2 cm³/mol. The van der Waals surface area contributed by atoms with Crippen molar-refractivity contribution < 1.29 is 0 Å². The highest BCUT2D eigenvalue weighted by molar-refractivity contribution is 5.17. The molecule has 0 rings (SSSR count). The van der Waals surface area contributed by atoms with Crippen molar-refractivity contribution in [3.8, 4) is 0 Å². The van der Waals surface area contributed by atoms with Crippen LogP contribution in [0, 0.1) is 5.92 Å². The zero-order valence-corrected chi connectivity index (χ0v) is 8.40. The highest BCUT2D eigenvalue weighted by Crippen LogP contribution is 2.21. The normalized spacial score (nSPS) is 11.8. The molecule has 0 aromatic heterocycles. The second-order valence-electron chi connectivity index (χ2n) is 3.08. The lowest BCUT2D eigenvalue weighted by Crippen LogP contribution is -2.00. The molecule has 0 aliphatic heterocycles. The quantitative estimate of drug-likeness (QED) is 0.409. The summed E-state index contributed by atoms with van der Waals surface area (Å²) in [7, 11) is 0. The Morgan fingerprint density at radius 1 is 1.50 bits per heavy atom. The molecule has 68 valence electrons. The number of unbranched alkanes of at least 4 members (excludes halogenated alkanes) is 1. The van der Waals surface area contributed by atoms with Gasteiger partial charge in [0, 0.05) is 0 Å². The monoisotopic (exact) mass is 164 g/mol. The first-order valence-corrected chi connectivity index (χ1v) is 4.82. The van der Waals surface area contributed by atoms with Crippen LogP contribution in [0.2, 0.25) is 0 Å². The summed E-state index contributed by atoms with van der Waals surface area (Å²) in [6, 6.07) is 0. The van der Waals surface area contributed by atoms with Crippen molar-refractivity contribution >= 4 is 0 Å². The summed E-state index contributed by atoms with van der Waals surface area (Å²) >= 11 is 0. The van der Waals surface area contributed by atoms with Crippen LogP contribution in [0.5, 0.6) is 0 Å². The number of rotatable bonds is 6. The van der Waals surface area contributed by atoms with E-state index in [2.05, 4.69) is 32.7 Å². The molecule has 0 fully saturated rings. The van der Waals surface area contributed by atoms with Crippen LogP contribution in [0.4, 0.5) is 0 Å². The zero-order valence-electron chi connectivity index (χ0n) is 8.40. The van der Waals surface area contributed by atoms with Crippen LogP contribution < -0.4 is 0 Å². The van der Waals surface area contributed by atoms with Gasteiger partial charge in [-0.1, -0.05) is 45.9 Å². The third-order valence-electron chi connectivity index (χ3n) is 2.26. The van der Waals surface area contributed by atoms with Crippen LogP contribution in [0.25, 0.3) is 0 Å². The van der Waals surface area contributed by atoms with E-state index in [0.29, 0.717) is 5.92 Å². The predicted octanol–water partition coefficient (Wildman–Crippen LogP) is 4.10. The lowest BCUT2D eigenvalue weighted by atomic mass is 9.92. The lowest BCUT2D eigenvalue weighted by Gasteiger charge is -2.13. The first kappa shape index (κ1) is 11.3. The van der Waals surface area contributed by atoms with Gasteiger partial charge in [-0.3, -0.25) is 0 Å². The molecule has 0 bridgehead atoms. The first-order chi connectivity index (χ1) is 5.79. The van der Waals surface area contributed by atoms with Gasteiger partial charge >= 0.3 is 0 Å². The Morgan fingerprint density at radius 3 is 2.50 bits per heavy atom. The topological polar surface area (TPSA) is 0 Å². The minimum atomic E-state index is 0.625. The molecule has 0 aromatic carbocycles. The van der Waals surface area contributed by atoms with Crippen molar-refractivity contribution in [3.63, 3.8) is 0 Å². The van der Waals surface area contributed by atoms with Gasteiger partial charge in [-0.05, 0) is 24.3 Å². The van der Waals surface area contributed by atoms with Crippen LogP contribution in [0.1, 0.15) is 39.5 Å². The van der Waals surface area contributed by atoms with Gasteiger partial charge in [0.05, 0.1) is 0 Å². The van der Waals surface area contributed by atoms with E-state index in [1.807, 2.05) is 6.08 Å². The van der Waals surface area contributed by atoms with Gasteiger partial charge in [-0.2, -0.15) is 0 Å². The van der Waals surface area contributed by atoms with Gasteiger partial charge < -0.3 is 0 Å². The van der Waals surface area contributed by atoms with E-state index in [1.54, 1.807) is 0 Å². The van der Waals surface area contributed by atoms with Gasteiger partial charge in [-0.25, -0.2) is 0 Å². The molecule has 0 heteroatoms. The Hall–Kier alpha value is -0.740. The molecule has 0 saturated carbocycles. The summed E-state index contributed by atoms with van der Waals surface area (Å²) in [5.74, 6) is 0.625. The molecule has 0 aromatic rings. The Morgan fingerprint density at radius 2 is 2.17 bits per heavy atom. The minimum absolute atomic E-state index is 0.625. The average molecular weight is 164 g/mol. The highest BCUT2D eigenvalue weighted by atomic mass is 14.1. The van der Waals surface area contributed by atoms with E-state index >= 15 is 0 Å². The SMILES string of the molecule is C=C=C(C=C)C(CC)CCCC. The molecule has 0 spiro atoms. The Bertz CT molecular complexity index is 170. The molecule has 0 N–H and O–H groups in total. The summed E-state index contributed by atoms with van der Waals surface area (Å²) in [6.45, 7) is 11.9. The maximum atomic E-state index is 3.77. The molecule has 12 heavy (non-hydrogen) atoms. The van der Waals surface area contributed by atoms with E-state index in [-0.39, 0.29) is 0 Å². The molecule has 1 atom stereocenters. The van der Waals surface area contributed by atoms with Crippen molar-refractivity contribution in [1.29, 1.82) is 0 Å². The fourth-order valence-corrected chi connectivity index (χ4v) is 1.41. The second-order valence-corrected chi connectivity index (χ2v) is 3.08. The van der Waals surface area contributed by atoms with Crippen molar-refractivity contribution in [2.24, 2.45) is 5.92 Å². The van der Waals surface area contributed by atoms with Crippen molar-refractivity contribution in [3.05, 3.63) is 30.5 Å². The number of allylic oxidation sites excluding steroid dienone is 2. The molecular formula is C12H20. The Kier molecular flexibility index (Phi) is 6.51. The minimum Gasteiger partial charge on any atom is -0.125 e. The molecular weight excluding hydrogens is 144 g/mol. The standard InChI is InChI=1S/C12H20/c1-5-9-10-12(8-4)11(6-2)7-3/h6,12H,2-3,5,8-10H2,1,4H3. The van der Waals surface area contributed by atoms with E-state index in [9.17, 15) is 0 Å². The van der Waals surface area contributed by atoms with Crippen LogP contribution in [-0.2, 0) is 0 Å². The molecule has 0 radical (unpaired) electrons. The summed E-state index contributed by atoms with van der Waals surface area (Å²) in [5.41, 5.74) is 4.15. The zero-order chi connectivity index (χ0) is 9.40. The summed E-state index contributed by atoms with van der Waals surface area (Å²) in [4.78, 5) is 0. The fourth-order valence-electron chi connectivity index (χ4n) is 1.41. The Balaban J connectivity index is 4.12. The molecule has 1 unspecified atom stereocenters. The number of hydrogen-bond acceptors (Lipinski definition) is 0. The second kappa shape index (κ2) is 6.94. The Labute approximate surface area is 76.7 Å². The summed E-state index contributed by atoms with van der Waals surface area (Å²) in [5, 5.41) is 0. The van der Waals surface area contributed by atoms with Crippen LogP contribution in [0.3, 0.4) is 0 Å². The highest BCUT2D eigenvalue weighted by Gasteiger charge is 2.07. The fraction of sp³-hybridized carbons (Fsp3) is 0.583. The van der Waals surface area contributed by atoms with Gasteiger partial charge in [0.15, 0.2) is 0 Å². The third-order valence-corrected chi connectivity index (χ3v) is 2.26. The third kappa shape index (κ3) is 3.59. The van der Waals surface area contributed by atoms with Crippen molar-refractivity contribution in [2.45, 2.75) is 39.5 Å². The van der Waals surface area contributed by atoms with Gasteiger partial charge in [0.2, 0.25) is 0 Å². The summed E-state index contributed by atoms with van der Waals surface area (Å²) in [6.07, 6.45) is 6.85. The van der Waals surface area contributed by atoms with E-state index in [1.165, 1.54) is 31.3 Å². The van der Waals surface area contributed by atoms with E-state index < -0.39 is 0 Å². The van der Waals surface area contributed by atoms with E-state index in [4.69, 9.17) is 0 Å². The molecule has 0 saturated heterocycles. The maximum Gasteiger partial charge on any atom is -0.00416 e. The van der Waals surface area contributed by atoms with Gasteiger partial charge in [0.25, 0.3) is 0 Å². The molecule has 0 aliphatic rings. The summed E-state index contributed by atoms with van der Waals surface area (Å²) < 4.78 is 0. The molecule has 0 heterocycles. The first-order valence-electron chi connectivity index (χ1n) is 4.82.